The molecule has 0 atom stereocenters. The summed E-state index contributed by atoms with van der Waals surface area (Å²) in [5.74, 6) is 1.66. The molecule has 0 unspecified atom stereocenters. The molecule has 0 aliphatic carbocycles. The molecule has 0 saturated carbocycles. The van der Waals surface area contributed by atoms with Crippen molar-refractivity contribution in [2.24, 2.45) is 0 Å². The standard InChI is InChI=1S/C12H10N2O2S/c1-7-4-5-15-10(7)11-9(12(13)14-16-11)8-3-2-6-17-8/h2-6H,1H3,(H2,13,14). The first-order chi connectivity index (χ1) is 8.27. The smallest absolute Gasteiger partial charge is 0.213 e. The Balaban J connectivity index is 2.23. The van der Waals surface area contributed by atoms with Crippen LogP contribution in [0.1, 0.15) is 5.56 Å². The average molecular weight is 246 g/mol. The van der Waals surface area contributed by atoms with Crippen LogP contribution in [0.4, 0.5) is 5.82 Å². The maximum Gasteiger partial charge on any atom is 0.213 e. The van der Waals surface area contributed by atoms with Crippen LogP contribution in [0.5, 0.6) is 0 Å². The lowest BCUT2D eigenvalue weighted by Gasteiger charge is -1.97. The zero-order valence-corrected chi connectivity index (χ0v) is 9.95. The molecular formula is C12H10N2O2S. The number of rotatable bonds is 2. The van der Waals surface area contributed by atoms with Crippen LogP contribution in [-0.4, -0.2) is 5.16 Å². The van der Waals surface area contributed by atoms with Gasteiger partial charge in [-0.05, 0) is 30.0 Å². The summed E-state index contributed by atoms with van der Waals surface area (Å²) < 4.78 is 10.7. The summed E-state index contributed by atoms with van der Waals surface area (Å²) in [4.78, 5) is 1.02. The summed E-state index contributed by atoms with van der Waals surface area (Å²) in [5, 5.41) is 5.81. The van der Waals surface area contributed by atoms with Gasteiger partial charge in [-0.3, -0.25) is 0 Å². The average Bonchev–Trinajstić information content (AvgIpc) is 2.98. The lowest BCUT2D eigenvalue weighted by atomic mass is 10.1. The van der Waals surface area contributed by atoms with Crippen molar-refractivity contribution < 1.29 is 8.94 Å². The molecule has 0 saturated heterocycles. The van der Waals surface area contributed by atoms with Crippen molar-refractivity contribution in [3.8, 4) is 22.0 Å². The highest BCUT2D eigenvalue weighted by molar-refractivity contribution is 7.13. The molecule has 2 N–H and O–H groups in total. The van der Waals surface area contributed by atoms with Gasteiger partial charge in [0.2, 0.25) is 5.76 Å². The molecule has 0 spiro atoms. The Labute approximate surface area is 102 Å². The number of aryl methyl sites for hydroxylation is 1. The third kappa shape index (κ3) is 1.55. The summed E-state index contributed by atoms with van der Waals surface area (Å²) in [5.41, 5.74) is 7.65. The molecule has 0 amide bonds. The van der Waals surface area contributed by atoms with Crippen LogP contribution in [0.3, 0.4) is 0 Å². The summed E-state index contributed by atoms with van der Waals surface area (Å²) in [6.45, 7) is 1.95. The minimum atomic E-state index is 0.387. The highest BCUT2D eigenvalue weighted by Crippen LogP contribution is 2.39. The number of nitrogens with two attached hydrogens (primary N) is 1. The lowest BCUT2D eigenvalue weighted by Crippen LogP contribution is -1.86. The van der Waals surface area contributed by atoms with E-state index in [0.717, 1.165) is 16.0 Å². The molecule has 0 bridgehead atoms. The van der Waals surface area contributed by atoms with Crippen LogP contribution in [0.2, 0.25) is 0 Å². The van der Waals surface area contributed by atoms with E-state index in [9.17, 15) is 0 Å². The van der Waals surface area contributed by atoms with Gasteiger partial charge in [-0.25, -0.2) is 0 Å². The number of hydrogen-bond donors (Lipinski definition) is 1. The van der Waals surface area contributed by atoms with Crippen molar-refractivity contribution in [2.45, 2.75) is 6.92 Å². The molecule has 0 aliphatic heterocycles. The van der Waals surface area contributed by atoms with E-state index in [0.29, 0.717) is 17.3 Å². The fraction of sp³-hybridized carbons (Fsp3) is 0.0833. The van der Waals surface area contributed by atoms with Crippen LogP contribution in [-0.2, 0) is 0 Å². The Hall–Kier alpha value is -2.01. The molecule has 86 valence electrons. The summed E-state index contributed by atoms with van der Waals surface area (Å²) in [6, 6.07) is 5.83. The number of hydrogen-bond acceptors (Lipinski definition) is 5. The third-order valence-electron chi connectivity index (χ3n) is 2.55. The first-order valence-electron chi connectivity index (χ1n) is 5.11. The molecule has 0 fully saturated rings. The molecule has 3 aromatic heterocycles. The van der Waals surface area contributed by atoms with Gasteiger partial charge in [-0.2, -0.15) is 0 Å². The molecule has 3 heterocycles. The van der Waals surface area contributed by atoms with Crippen molar-refractivity contribution in [3.63, 3.8) is 0 Å². The van der Waals surface area contributed by atoms with E-state index in [-0.39, 0.29) is 0 Å². The number of anilines is 1. The van der Waals surface area contributed by atoms with Gasteiger partial charge in [0.05, 0.1) is 11.8 Å². The molecule has 5 heteroatoms. The van der Waals surface area contributed by atoms with Crippen LogP contribution < -0.4 is 5.73 Å². The van der Waals surface area contributed by atoms with E-state index in [1.807, 2.05) is 30.5 Å². The van der Waals surface area contributed by atoms with Gasteiger partial charge in [0.1, 0.15) is 0 Å². The SMILES string of the molecule is Cc1ccoc1-c1onc(N)c1-c1cccs1. The summed E-state index contributed by atoms with van der Waals surface area (Å²) >= 11 is 1.59. The molecule has 0 radical (unpaired) electrons. The van der Waals surface area contributed by atoms with E-state index in [4.69, 9.17) is 14.7 Å². The minimum Gasteiger partial charge on any atom is -0.461 e. The zero-order chi connectivity index (χ0) is 11.8. The number of aromatic nitrogens is 1. The molecule has 0 aromatic carbocycles. The zero-order valence-electron chi connectivity index (χ0n) is 9.14. The molecule has 4 nitrogen and oxygen atoms in total. The van der Waals surface area contributed by atoms with Crippen molar-refractivity contribution >= 4 is 17.2 Å². The van der Waals surface area contributed by atoms with E-state index in [2.05, 4.69) is 5.16 Å². The van der Waals surface area contributed by atoms with Crippen molar-refractivity contribution in [3.05, 3.63) is 35.4 Å². The maximum absolute atomic E-state index is 5.85. The summed E-state index contributed by atoms with van der Waals surface area (Å²) in [7, 11) is 0. The van der Waals surface area contributed by atoms with Crippen molar-refractivity contribution in [2.75, 3.05) is 5.73 Å². The number of furan rings is 1. The maximum atomic E-state index is 5.85. The Kier molecular flexibility index (Phi) is 2.26. The second-order valence-electron chi connectivity index (χ2n) is 3.68. The molecule has 17 heavy (non-hydrogen) atoms. The second kappa shape index (κ2) is 3.78. The predicted molar refractivity (Wildman–Crippen MR) is 66.7 cm³/mol. The first-order valence-corrected chi connectivity index (χ1v) is 5.99. The monoisotopic (exact) mass is 246 g/mol. The Morgan fingerprint density at radius 3 is 2.82 bits per heavy atom. The van der Waals surface area contributed by atoms with E-state index < -0.39 is 0 Å². The first kappa shape index (κ1) is 10.2. The van der Waals surface area contributed by atoms with Gasteiger partial charge in [-0.1, -0.05) is 11.2 Å². The van der Waals surface area contributed by atoms with Gasteiger partial charge in [0.25, 0.3) is 0 Å². The Morgan fingerprint density at radius 2 is 2.18 bits per heavy atom. The van der Waals surface area contributed by atoms with Crippen LogP contribution >= 0.6 is 11.3 Å². The number of thiophene rings is 1. The normalized spacial score (nSPS) is 10.9. The van der Waals surface area contributed by atoms with E-state index in [1.54, 1.807) is 17.6 Å². The van der Waals surface area contributed by atoms with Crippen molar-refractivity contribution in [1.82, 2.24) is 5.16 Å². The van der Waals surface area contributed by atoms with Crippen molar-refractivity contribution in [1.29, 1.82) is 0 Å². The molecule has 0 aliphatic rings. The quantitative estimate of drug-likeness (QED) is 0.750. The van der Waals surface area contributed by atoms with Gasteiger partial charge in [-0.15, -0.1) is 11.3 Å². The van der Waals surface area contributed by atoms with Crippen LogP contribution in [0.15, 0.2) is 38.8 Å². The third-order valence-corrected chi connectivity index (χ3v) is 3.44. The van der Waals surface area contributed by atoms with Gasteiger partial charge < -0.3 is 14.7 Å². The Bertz CT molecular complexity index is 637. The fourth-order valence-corrected chi connectivity index (χ4v) is 2.50. The topological polar surface area (TPSA) is 65.2 Å². The highest BCUT2D eigenvalue weighted by atomic mass is 32.1. The lowest BCUT2D eigenvalue weighted by molar-refractivity contribution is 0.421. The fourth-order valence-electron chi connectivity index (χ4n) is 1.72. The van der Waals surface area contributed by atoms with Gasteiger partial charge in [0.15, 0.2) is 11.6 Å². The Morgan fingerprint density at radius 1 is 1.29 bits per heavy atom. The number of nitrogens with zero attached hydrogens (tertiary/aromatic N) is 1. The largest absolute Gasteiger partial charge is 0.461 e. The molecule has 3 aromatic rings. The van der Waals surface area contributed by atoms with Crippen LogP contribution in [0, 0.1) is 6.92 Å². The highest BCUT2D eigenvalue weighted by Gasteiger charge is 2.21. The summed E-state index contributed by atoms with van der Waals surface area (Å²) in [6.07, 6.45) is 1.63. The van der Waals surface area contributed by atoms with E-state index in [1.165, 1.54) is 0 Å². The molecular weight excluding hydrogens is 236 g/mol. The molecule has 3 rings (SSSR count). The minimum absolute atomic E-state index is 0.387. The van der Waals surface area contributed by atoms with Gasteiger partial charge >= 0.3 is 0 Å². The number of nitrogen functional groups attached to an aromatic ring is 1. The van der Waals surface area contributed by atoms with E-state index >= 15 is 0 Å². The predicted octanol–water partition coefficient (Wildman–Crippen LogP) is 3.55. The van der Waals surface area contributed by atoms with Gasteiger partial charge in [0, 0.05) is 4.88 Å². The van der Waals surface area contributed by atoms with Crippen LogP contribution in [0.25, 0.3) is 22.0 Å². The second-order valence-corrected chi connectivity index (χ2v) is 4.63.